The minimum Gasteiger partial charge on any atom is -0.480 e. The van der Waals surface area contributed by atoms with Gasteiger partial charge < -0.3 is 5.11 Å². The van der Waals surface area contributed by atoms with Crippen LogP contribution in [0.4, 0.5) is 0 Å². The van der Waals surface area contributed by atoms with E-state index in [4.69, 9.17) is 0 Å². The Hall–Kier alpha value is -0.570. The number of carboxylic acid groups (broad SMARTS) is 1. The van der Waals surface area contributed by atoms with Gasteiger partial charge in [-0.2, -0.15) is 0 Å². The molecule has 1 N–H and O–H groups in total. The Morgan fingerprint density at radius 1 is 1.22 bits per heavy atom. The molecule has 0 aromatic carbocycles. The molecule has 0 aromatic heterocycles. The number of carbonyl (C=O) groups is 1. The minimum absolute atomic E-state index is 0.245. The Morgan fingerprint density at radius 2 is 1.89 bits per heavy atom. The molecule has 0 aliphatic carbocycles. The maximum Gasteiger partial charge on any atom is 0.320 e. The van der Waals surface area contributed by atoms with Crippen LogP contribution in [0, 0.1) is 5.41 Å². The van der Waals surface area contributed by atoms with Crippen molar-refractivity contribution in [1.82, 2.24) is 4.90 Å². The molecule has 1 aliphatic heterocycles. The zero-order valence-corrected chi connectivity index (χ0v) is 12.2. The Bertz CT molecular complexity index is 258. The first-order chi connectivity index (χ1) is 8.40. The van der Waals surface area contributed by atoms with Crippen molar-refractivity contribution < 1.29 is 9.90 Å². The lowest BCUT2D eigenvalue weighted by molar-refractivity contribution is -0.144. The second-order valence-electron chi connectivity index (χ2n) is 6.76. The molecule has 3 nitrogen and oxygen atoms in total. The number of hydrogen-bond donors (Lipinski definition) is 1. The minimum atomic E-state index is -0.632. The number of aliphatic carboxylic acids is 1. The summed E-state index contributed by atoms with van der Waals surface area (Å²) in [6, 6.07) is -0.245. The van der Waals surface area contributed by atoms with E-state index in [2.05, 4.69) is 25.7 Å². The van der Waals surface area contributed by atoms with Crippen molar-refractivity contribution in [2.24, 2.45) is 5.41 Å². The van der Waals surface area contributed by atoms with E-state index in [1.807, 2.05) is 0 Å². The highest BCUT2D eigenvalue weighted by Crippen LogP contribution is 2.22. The van der Waals surface area contributed by atoms with Crippen LogP contribution in [-0.2, 0) is 4.79 Å². The molecule has 0 aromatic rings. The van der Waals surface area contributed by atoms with E-state index in [-0.39, 0.29) is 6.04 Å². The smallest absolute Gasteiger partial charge is 0.320 e. The fourth-order valence-electron chi connectivity index (χ4n) is 2.70. The van der Waals surface area contributed by atoms with Gasteiger partial charge in [-0.15, -0.1) is 0 Å². The number of rotatable bonds is 4. The molecule has 0 spiro atoms. The van der Waals surface area contributed by atoms with Crippen molar-refractivity contribution in [3.8, 4) is 0 Å². The third-order valence-electron chi connectivity index (χ3n) is 3.77. The van der Waals surface area contributed by atoms with Crippen LogP contribution >= 0.6 is 0 Å². The molecule has 0 bridgehead atoms. The lowest BCUT2D eigenvalue weighted by Gasteiger charge is -2.31. The summed E-state index contributed by atoms with van der Waals surface area (Å²) in [4.78, 5) is 13.5. The van der Waals surface area contributed by atoms with Crippen molar-refractivity contribution in [3.05, 3.63) is 0 Å². The highest BCUT2D eigenvalue weighted by molar-refractivity contribution is 5.73. The Morgan fingerprint density at radius 3 is 2.50 bits per heavy atom. The zero-order valence-electron chi connectivity index (χ0n) is 12.2. The largest absolute Gasteiger partial charge is 0.480 e. The molecule has 0 saturated carbocycles. The highest BCUT2D eigenvalue weighted by atomic mass is 16.4. The Kier molecular flexibility index (Phi) is 6.13. The van der Waals surface area contributed by atoms with E-state index in [1.165, 1.54) is 12.8 Å². The standard InChI is InChI=1S/C15H29NO2/c1-15(2,3)10-8-12-16-11-7-5-4-6-9-13(16)14(17)18/h13H,4-12H2,1-3H3,(H,17,18). The van der Waals surface area contributed by atoms with Crippen LogP contribution in [0.2, 0.25) is 0 Å². The molecule has 1 rings (SSSR count). The number of hydrogen-bond acceptors (Lipinski definition) is 2. The van der Waals surface area contributed by atoms with Crippen LogP contribution in [-0.4, -0.2) is 35.1 Å². The van der Waals surface area contributed by atoms with Crippen LogP contribution in [0.3, 0.4) is 0 Å². The number of nitrogens with zero attached hydrogens (tertiary/aromatic N) is 1. The van der Waals surface area contributed by atoms with Gasteiger partial charge in [-0.05, 0) is 44.2 Å². The fourth-order valence-corrected chi connectivity index (χ4v) is 2.70. The summed E-state index contributed by atoms with van der Waals surface area (Å²) < 4.78 is 0. The molecule has 18 heavy (non-hydrogen) atoms. The van der Waals surface area contributed by atoms with Crippen LogP contribution in [0.5, 0.6) is 0 Å². The van der Waals surface area contributed by atoms with Gasteiger partial charge in [0, 0.05) is 0 Å². The summed E-state index contributed by atoms with van der Waals surface area (Å²) >= 11 is 0. The molecule has 0 amide bonds. The molecule has 106 valence electrons. The molecule has 1 aliphatic rings. The van der Waals surface area contributed by atoms with Gasteiger partial charge in [0.1, 0.15) is 6.04 Å². The van der Waals surface area contributed by atoms with Crippen molar-refractivity contribution in [3.63, 3.8) is 0 Å². The van der Waals surface area contributed by atoms with Gasteiger partial charge in [-0.1, -0.05) is 40.0 Å². The fraction of sp³-hybridized carbons (Fsp3) is 0.933. The molecular weight excluding hydrogens is 226 g/mol. The monoisotopic (exact) mass is 255 g/mol. The Labute approximate surface area is 112 Å². The summed E-state index contributed by atoms with van der Waals surface area (Å²) in [6.07, 6.45) is 7.75. The topological polar surface area (TPSA) is 40.5 Å². The predicted octanol–water partition coefficient (Wildman–Crippen LogP) is 3.53. The first-order valence-electron chi connectivity index (χ1n) is 7.37. The third-order valence-corrected chi connectivity index (χ3v) is 3.77. The maximum atomic E-state index is 11.3. The molecule has 1 unspecified atom stereocenters. The average Bonchev–Trinajstić information content (AvgIpc) is 2.18. The predicted molar refractivity (Wildman–Crippen MR) is 74.8 cm³/mol. The molecule has 3 heteroatoms. The zero-order chi connectivity index (χ0) is 13.6. The third kappa shape index (κ3) is 5.85. The van der Waals surface area contributed by atoms with Gasteiger partial charge in [0.05, 0.1) is 0 Å². The number of likely N-dealkylation sites (tertiary alicyclic amines) is 1. The first kappa shape index (κ1) is 15.5. The quantitative estimate of drug-likeness (QED) is 0.835. The van der Waals surface area contributed by atoms with Gasteiger partial charge in [0.15, 0.2) is 0 Å². The maximum absolute atomic E-state index is 11.3. The van der Waals surface area contributed by atoms with Crippen LogP contribution < -0.4 is 0 Å². The molecule has 1 fully saturated rings. The van der Waals surface area contributed by atoms with E-state index in [1.54, 1.807) is 0 Å². The summed E-state index contributed by atoms with van der Waals surface area (Å²) in [5.74, 6) is -0.632. The van der Waals surface area contributed by atoms with Crippen LogP contribution in [0.25, 0.3) is 0 Å². The van der Waals surface area contributed by atoms with E-state index in [0.29, 0.717) is 5.41 Å². The van der Waals surface area contributed by atoms with E-state index < -0.39 is 5.97 Å². The lowest BCUT2D eigenvalue weighted by atomic mass is 9.90. The first-order valence-corrected chi connectivity index (χ1v) is 7.37. The van der Waals surface area contributed by atoms with E-state index >= 15 is 0 Å². The second-order valence-corrected chi connectivity index (χ2v) is 6.76. The van der Waals surface area contributed by atoms with Crippen LogP contribution in [0.15, 0.2) is 0 Å². The average molecular weight is 255 g/mol. The Balaban J connectivity index is 2.47. The number of carboxylic acids is 1. The van der Waals surface area contributed by atoms with Gasteiger partial charge in [0.2, 0.25) is 0 Å². The van der Waals surface area contributed by atoms with Gasteiger partial charge >= 0.3 is 5.97 Å². The van der Waals surface area contributed by atoms with E-state index in [0.717, 1.165) is 45.2 Å². The van der Waals surface area contributed by atoms with Gasteiger partial charge in [0.25, 0.3) is 0 Å². The summed E-state index contributed by atoms with van der Waals surface area (Å²) in [5.41, 5.74) is 0.349. The highest BCUT2D eigenvalue weighted by Gasteiger charge is 2.26. The summed E-state index contributed by atoms with van der Waals surface area (Å²) in [5, 5.41) is 9.34. The summed E-state index contributed by atoms with van der Waals surface area (Å²) in [6.45, 7) is 8.63. The van der Waals surface area contributed by atoms with Crippen LogP contribution in [0.1, 0.15) is 65.7 Å². The van der Waals surface area contributed by atoms with Crippen molar-refractivity contribution in [2.45, 2.75) is 71.8 Å². The van der Waals surface area contributed by atoms with E-state index in [9.17, 15) is 9.90 Å². The second kappa shape index (κ2) is 7.13. The molecule has 1 atom stereocenters. The molecular formula is C15H29NO2. The van der Waals surface area contributed by atoms with Crippen molar-refractivity contribution >= 4 is 5.97 Å². The molecule has 1 heterocycles. The normalized spacial score (nSPS) is 23.4. The SMILES string of the molecule is CC(C)(C)CCCN1CCCCCCC1C(=O)O. The van der Waals surface area contributed by atoms with Crippen molar-refractivity contribution in [2.75, 3.05) is 13.1 Å². The summed E-state index contributed by atoms with van der Waals surface area (Å²) in [7, 11) is 0. The molecule has 1 saturated heterocycles. The van der Waals surface area contributed by atoms with Crippen molar-refractivity contribution in [1.29, 1.82) is 0 Å². The van der Waals surface area contributed by atoms with Gasteiger partial charge in [-0.3, -0.25) is 9.69 Å². The molecule has 0 radical (unpaired) electrons. The van der Waals surface area contributed by atoms with Gasteiger partial charge in [-0.25, -0.2) is 0 Å². The lowest BCUT2D eigenvalue weighted by Crippen LogP contribution is -2.43.